The van der Waals surface area contributed by atoms with E-state index in [1.807, 2.05) is 0 Å². The molecule has 0 aliphatic carbocycles. The van der Waals surface area contributed by atoms with Crippen LogP contribution in [-0.2, 0) is 23.9 Å². The standard InChI is InChI=1S/C20H15ClF6N2O3/c1-32-15-5-3-11(8-13(15)19(22,23)24)17(30)28-14-4-2-10-6-7-29(9-12(10)16(14)21)18(31)20(25,26)27/h2-5,8H,6-7,9H2,1H3,(H,28,30). The number of methoxy groups -OCH3 is 1. The molecule has 1 aliphatic rings. The molecule has 2 aromatic rings. The van der Waals surface area contributed by atoms with Crippen molar-refractivity contribution in [2.45, 2.75) is 25.3 Å². The van der Waals surface area contributed by atoms with Crippen molar-refractivity contribution in [3.05, 3.63) is 57.6 Å². The van der Waals surface area contributed by atoms with Crippen molar-refractivity contribution in [3.63, 3.8) is 0 Å². The highest BCUT2D eigenvalue weighted by Gasteiger charge is 2.43. The molecule has 3 rings (SSSR count). The molecule has 32 heavy (non-hydrogen) atoms. The normalized spacial score (nSPS) is 14.1. The predicted molar refractivity (Wildman–Crippen MR) is 103 cm³/mol. The Hall–Kier alpha value is -2.95. The van der Waals surface area contributed by atoms with Gasteiger partial charge in [0.15, 0.2) is 0 Å². The number of nitrogens with one attached hydrogen (secondary N) is 1. The van der Waals surface area contributed by atoms with E-state index in [0.29, 0.717) is 16.5 Å². The Morgan fingerprint density at radius 1 is 1.09 bits per heavy atom. The number of carbonyl (C=O) groups excluding carboxylic acids is 2. The molecule has 1 heterocycles. The van der Waals surface area contributed by atoms with E-state index in [2.05, 4.69) is 10.1 Å². The van der Waals surface area contributed by atoms with Crippen molar-refractivity contribution in [1.29, 1.82) is 0 Å². The molecule has 0 aromatic heterocycles. The fourth-order valence-corrected chi connectivity index (χ4v) is 3.60. The molecular formula is C20H15ClF6N2O3. The third kappa shape index (κ3) is 4.77. The van der Waals surface area contributed by atoms with Gasteiger partial charge < -0.3 is 15.0 Å². The number of ether oxygens (including phenoxy) is 1. The number of fused-ring (bicyclic) bond motifs is 1. The summed E-state index contributed by atoms with van der Waals surface area (Å²) in [5.74, 6) is -3.39. The molecule has 1 aliphatic heterocycles. The molecule has 0 radical (unpaired) electrons. The quantitative estimate of drug-likeness (QED) is 0.624. The van der Waals surface area contributed by atoms with Crippen molar-refractivity contribution < 1.29 is 40.7 Å². The maximum Gasteiger partial charge on any atom is 0.471 e. The van der Waals surface area contributed by atoms with Crippen molar-refractivity contribution >= 4 is 29.1 Å². The van der Waals surface area contributed by atoms with Crippen LogP contribution in [0.25, 0.3) is 0 Å². The second kappa shape index (κ2) is 8.53. The zero-order chi connectivity index (χ0) is 23.8. The van der Waals surface area contributed by atoms with E-state index in [1.54, 1.807) is 0 Å². The fourth-order valence-electron chi connectivity index (χ4n) is 3.31. The first-order valence-corrected chi connectivity index (χ1v) is 9.43. The Morgan fingerprint density at radius 2 is 1.78 bits per heavy atom. The Morgan fingerprint density at radius 3 is 2.38 bits per heavy atom. The lowest BCUT2D eigenvalue weighted by Crippen LogP contribution is -2.43. The van der Waals surface area contributed by atoms with Crippen LogP contribution in [0.4, 0.5) is 32.0 Å². The maximum absolute atomic E-state index is 13.2. The monoisotopic (exact) mass is 480 g/mol. The van der Waals surface area contributed by atoms with Crippen LogP contribution >= 0.6 is 11.6 Å². The lowest BCUT2D eigenvalue weighted by molar-refractivity contribution is -0.186. The summed E-state index contributed by atoms with van der Waals surface area (Å²) in [6, 6.07) is 5.66. The van der Waals surface area contributed by atoms with Crippen LogP contribution in [0.15, 0.2) is 30.3 Å². The molecule has 0 unspecified atom stereocenters. The van der Waals surface area contributed by atoms with Gasteiger partial charge in [-0.05, 0) is 41.8 Å². The highest BCUT2D eigenvalue weighted by molar-refractivity contribution is 6.34. The highest BCUT2D eigenvalue weighted by atomic mass is 35.5. The van der Waals surface area contributed by atoms with E-state index in [9.17, 15) is 35.9 Å². The van der Waals surface area contributed by atoms with Gasteiger partial charge in [-0.2, -0.15) is 26.3 Å². The number of anilines is 1. The first kappa shape index (κ1) is 23.7. The van der Waals surface area contributed by atoms with Gasteiger partial charge in [-0.1, -0.05) is 17.7 Å². The molecule has 12 heteroatoms. The number of alkyl halides is 6. The minimum absolute atomic E-state index is 0.0129. The van der Waals surface area contributed by atoms with Gasteiger partial charge in [-0.3, -0.25) is 9.59 Å². The number of carbonyl (C=O) groups is 2. The Balaban J connectivity index is 1.87. The molecule has 5 nitrogen and oxygen atoms in total. The second-order valence-electron chi connectivity index (χ2n) is 6.91. The van der Waals surface area contributed by atoms with Gasteiger partial charge >= 0.3 is 18.3 Å². The highest BCUT2D eigenvalue weighted by Crippen LogP contribution is 2.37. The number of halogens is 7. The van der Waals surface area contributed by atoms with Crippen molar-refractivity contribution in [2.75, 3.05) is 19.0 Å². The zero-order valence-electron chi connectivity index (χ0n) is 16.3. The lowest BCUT2D eigenvalue weighted by atomic mass is 9.98. The molecule has 2 amide bonds. The molecule has 0 fully saturated rings. The summed E-state index contributed by atoms with van der Waals surface area (Å²) in [7, 11) is 1.06. The topological polar surface area (TPSA) is 58.6 Å². The first-order chi connectivity index (χ1) is 14.8. The Kier molecular flexibility index (Phi) is 6.32. The minimum atomic E-state index is -5.04. The van der Waals surface area contributed by atoms with Gasteiger partial charge in [0.25, 0.3) is 5.91 Å². The number of nitrogens with zero attached hydrogens (tertiary/aromatic N) is 1. The van der Waals surface area contributed by atoms with E-state index in [4.69, 9.17) is 11.6 Å². The molecule has 0 atom stereocenters. The van der Waals surface area contributed by atoms with Gasteiger partial charge in [-0.15, -0.1) is 0 Å². The second-order valence-corrected chi connectivity index (χ2v) is 7.28. The van der Waals surface area contributed by atoms with Crippen LogP contribution in [0, 0.1) is 0 Å². The SMILES string of the molecule is COc1ccc(C(=O)Nc2ccc3c(c2Cl)CN(C(=O)C(F)(F)F)CC3)cc1C(F)(F)F. The summed E-state index contributed by atoms with van der Waals surface area (Å²) in [5.41, 5.74) is -0.672. The van der Waals surface area contributed by atoms with Crippen LogP contribution < -0.4 is 10.1 Å². The average molecular weight is 481 g/mol. The van der Waals surface area contributed by atoms with Crippen LogP contribution in [0.2, 0.25) is 5.02 Å². The van der Waals surface area contributed by atoms with Gasteiger partial charge in [-0.25, -0.2) is 0 Å². The molecule has 2 aromatic carbocycles. The van der Waals surface area contributed by atoms with Crippen LogP contribution in [0.1, 0.15) is 27.0 Å². The third-order valence-corrected chi connectivity index (χ3v) is 5.32. The number of amides is 2. The molecule has 0 bridgehead atoms. The fraction of sp³-hybridized carbons (Fsp3) is 0.300. The maximum atomic E-state index is 13.2. The Labute approximate surface area is 182 Å². The summed E-state index contributed by atoms with van der Waals surface area (Å²) in [6.07, 6.45) is -9.68. The van der Waals surface area contributed by atoms with Crippen LogP contribution in [0.3, 0.4) is 0 Å². The van der Waals surface area contributed by atoms with E-state index in [-0.39, 0.29) is 34.8 Å². The van der Waals surface area contributed by atoms with Gasteiger partial charge in [0.1, 0.15) is 5.75 Å². The number of hydrogen-bond donors (Lipinski definition) is 1. The molecular weight excluding hydrogens is 466 g/mol. The zero-order valence-corrected chi connectivity index (χ0v) is 17.1. The average Bonchev–Trinajstić information content (AvgIpc) is 2.73. The van der Waals surface area contributed by atoms with Crippen molar-refractivity contribution in [3.8, 4) is 5.75 Å². The van der Waals surface area contributed by atoms with E-state index in [1.165, 1.54) is 12.1 Å². The van der Waals surface area contributed by atoms with Crippen LogP contribution in [0.5, 0.6) is 5.75 Å². The largest absolute Gasteiger partial charge is 0.496 e. The first-order valence-electron chi connectivity index (χ1n) is 9.06. The molecule has 0 spiro atoms. The minimum Gasteiger partial charge on any atom is -0.496 e. The van der Waals surface area contributed by atoms with Crippen molar-refractivity contribution in [2.24, 2.45) is 0 Å². The number of rotatable bonds is 3. The number of benzene rings is 2. The molecule has 172 valence electrons. The lowest BCUT2D eigenvalue weighted by Gasteiger charge is -2.30. The number of hydrogen-bond acceptors (Lipinski definition) is 3. The summed E-state index contributed by atoms with van der Waals surface area (Å²) in [5, 5.41) is 2.27. The van der Waals surface area contributed by atoms with E-state index < -0.39 is 42.0 Å². The van der Waals surface area contributed by atoms with Crippen molar-refractivity contribution in [1.82, 2.24) is 4.90 Å². The summed E-state index contributed by atoms with van der Waals surface area (Å²) >= 11 is 6.26. The Bertz CT molecular complexity index is 1070. The predicted octanol–water partition coefficient (Wildman–Crippen LogP) is 5.07. The molecule has 0 saturated carbocycles. The molecule has 1 N–H and O–H groups in total. The summed E-state index contributed by atoms with van der Waals surface area (Å²) < 4.78 is 82.5. The third-order valence-electron chi connectivity index (χ3n) is 4.89. The van der Waals surface area contributed by atoms with E-state index in [0.717, 1.165) is 19.2 Å². The smallest absolute Gasteiger partial charge is 0.471 e. The van der Waals surface area contributed by atoms with Crippen LogP contribution in [-0.4, -0.2) is 36.5 Å². The van der Waals surface area contributed by atoms with E-state index >= 15 is 0 Å². The van der Waals surface area contributed by atoms with Gasteiger partial charge in [0.2, 0.25) is 0 Å². The van der Waals surface area contributed by atoms with Gasteiger partial charge in [0.05, 0.1) is 23.4 Å². The summed E-state index contributed by atoms with van der Waals surface area (Å²) in [6.45, 7) is -0.573. The molecule has 0 saturated heterocycles. The summed E-state index contributed by atoms with van der Waals surface area (Å²) in [4.78, 5) is 24.7. The van der Waals surface area contributed by atoms with Gasteiger partial charge in [0, 0.05) is 18.7 Å².